The van der Waals surface area contributed by atoms with E-state index in [9.17, 15) is 20.4 Å². The Morgan fingerprint density at radius 3 is 1.97 bits per heavy atom. The average molecular weight is 402 g/mol. The molecular weight excluding hydrogens is 376 g/mol. The quantitative estimate of drug-likeness (QED) is 0.485. The molecule has 3 aromatic carbocycles. The summed E-state index contributed by atoms with van der Waals surface area (Å²) in [5.74, 6) is -0.466. The number of fused-ring (bicyclic) bond motifs is 3. The third-order valence-corrected chi connectivity index (χ3v) is 7.32. The predicted molar refractivity (Wildman–Crippen MR) is 115 cm³/mol. The van der Waals surface area contributed by atoms with E-state index in [0.29, 0.717) is 6.42 Å². The molecule has 1 fully saturated rings. The minimum atomic E-state index is -0.814. The van der Waals surface area contributed by atoms with E-state index in [1.807, 2.05) is 37.3 Å². The van der Waals surface area contributed by atoms with Gasteiger partial charge in [-0.2, -0.15) is 0 Å². The first-order valence-electron chi connectivity index (χ1n) is 10.5. The van der Waals surface area contributed by atoms with Crippen molar-refractivity contribution in [2.24, 2.45) is 11.8 Å². The second-order valence-corrected chi connectivity index (χ2v) is 8.70. The maximum atomic E-state index is 10.8. The Morgan fingerprint density at radius 1 is 0.767 bits per heavy atom. The lowest BCUT2D eigenvalue weighted by Crippen LogP contribution is -2.49. The van der Waals surface area contributed by atoms with Crippen LogP contribution in [-0.4, -0.2) is 32.6 Å². The monoisotopic (exact) mass is 402 g/mol. The molecule has 4 N–H and O–H groups in total. The normalized spacial score (nSPS) is 26.8. The Balaban J connectivity index is 1.86. The molecule has 2 unspecified atom stereocenters. The average Bonchev–Trinajstić information content (AvgIpc) is 3.06. The van der Waals surface area contributed by atoms with E-state index >= 15 is 0 Å². The summed E-state index contributed by atoms with van der Waals surface area (Å²) in [6.45, 7) is 2.00. The standard InChI is InChI=1S/C26H26O4/c1-15-19(11-13-23(28)25(15)30)26(16-10-12-22(27)24(29)14-16)20-8-4-2-6-17(20)18-7-3-5-9-21(18)26/h2-10,12,14-15,19,23,25,27-30H,11,13H2,1H3/t15?,19?,23-,25+/m1/s1. The molecule has 0 aromatic heterocycles. The number of aliphatic hydroxyl groups excluding tert-OH is 2. The molecule has 0 radical (unpaired) electrons. The van der Waals surface area contributed by atoms with E-state index in [2.05, 4.69) is 24.3 Å². The Hall–Kier alpha value is -2.82. The van der Waals surface area contributed by atoms with E-state index in [4.69, 9.17) is 0 Å². The molecule has 2 aliphatic carbocycles. The fraction of sp³-hybridized carbons (Fsp3) is 0.308. The van der Waals surface area contributed by atoms with Crippen molar-refractivity contribution in [2.75, 3.05) is 0 Å². The molecule has 4 nitrogen and oxygen atoms in total. The number of rotatable bonds is 2. The third-order valence-electron chi connectivity index (χ3n) is 7.32. The number of benzene rings is 3. The second kappa shape index (κ2) is 6.86. The molecule has 2 aliphatic rings. The van der Waals surface area contributed by atoms with Gasteiger partial charge in [-0.05, 0) is 64.6 Å². The van der Waals surface area contributed by atoms with Gasteiger partial charge in [0.1, 0.15) is 0 Å². The molecule has 0 aliphatic heterocycles. The van der Waals surface area contributed by atoms with Gasteiger partial charge in [0.2, 0.25) is 0 Å². The molecule has 5 rings (SSSR count). The molecule has 30 heavy (non-hydrogen) atoms. The maximum Gasteiger partial charge on any atom is 0.157 e. The minimum Gasteiger partial charge on any atom is -0.504 e. The van der Waals surface area contributed by atoms with Crippen LogP contribution in [0.2, 0.25) is 0 Å². The zero-order chi connectivity index (χ0) is 21.0. The van der Waals surface area contributed by atoms with E-state index in [1.165, 1.54) is 6.07 Å². The number of aliphatic hydroxyl groups is 2. The molecule has 0 heterocycles. The van der Waals surface area contributed by atoms with Gasteiger partial charge in [-0.1, -0.05) is 61.5 Å². The smallest absolute Gasteiger partial charge is 0.157 e. The Kier molecular flexibility index (Phi) is 4.38. The van der Waals surface area contributed by atoms with Crippen molar-refractivity contribution >= 4 is 0 Å². The summed E-state index contributed by atoms with van der Waals surface area (Å²) in [5, 5.41) is 41.5. The largest absolute Gasteiger partial charge is 0.504 e. The number of phenolic OH excluding ortho intramolecular Hbond substituents is 2. The van der Waals surface area contributed by atoms with Gasteiger partial charge in [0.25, 0.3) is 0 Å². The van der Waals surface area contributed by atoms with E-state index in [1.54, 1.807) is 6.07 Å². The first kappa shape index (κ1) is 19.2. The first-order valence-corrected chi connectivity index (χ1v) is 10.5. The molecule has 4 heteroatoms. The van der Waals surface area contributed by atoms with Crippen LogP contribution in [0.1, 0.15) is 36.5 Å². The molecule has 4 atom stereocenters. The Labute approximate surface area is 176 Å². The topological polar surface area (TPSA) is 80.9 Å². The number of hydrogen-bond acceptors (Lipinski definition) is 4. The lowest BCUT2D eigenvalue weighted by Gasteiger charge is -2.48. The molecule has 0 saturated heterocycles. The van der Waals surface area contributed by atoms with Crippen molar-refractivity contribution < 1.29 is 20.4 Å². The van der Waals surface area contributed by atoms with Gasteiger partial charge in [0.05, 0.1) is 12.2 Å². The van der Waals surface area contributed by atoms with Crippen LogP contribution < -0.4 is 0 Å². The summed E-state index contributed by atoms with van der Waals surface area (Å²) < 4.78 is 0. The van der Waals surface area contributed by atoms with Gasteiger partial charge in [-0.15, -0.1) is 0 Å². The summed E-state index contributed by atoms with van der Waals surface area (Å²) in [4.78, 5) is 0. The van der Waals surface area contributed by atoms with Crippen LogP contribution in [0.3, 0.4) is 0 Å². The van der Waals surface area contributed by atoms with E-state index in [0.717, 1.165) is 34.2 Å². The van der Waals surface area contributed by atoms with Crippen molar-refractivity contribution in [3.63, 3.8) is 0 Å². The molecule has 0 amide bonds. The fourth-order valence-electron chi connectivity index (χ4n) is 5.95. The SMILES string of the molecule is CC1C(C2(c3ccc(O)c(O)c3)c3ccccc3-c3ccccc32)CC[C@@H](O)[C@H]1O. The van der Waals surface area contributed by atoms with Crippen LogP contribution in [-0.2, 0) is 5.41 Å². The predicted octanol–water partition coefficient (Wildman–Crippen LogP) is 4.18. The highest BCUT2D eigenvalue weighted by Gasteiger charge is 2.54. The zero-order valence-corrected chi connectivity index (χ0v) is 16.9. The van der Waals surface area contributed by atoms with Crippen LogP contribution in [0.15, 0.2) is 66.7 Å². The molecule has 3 aromatic rings. The fourth-order valence-corrected chi connectivity index (χ4v) is 5.95. The van der Waals surface area contributed by atoms with Gasteiger partial charge in [-0.25, -0.2) is 0 Å². The van der Waals surface area contributed by atoms with Gasteiger partial charge in [-0.3, -0.25) is 0 Å². The summed E-state index contributed by atoms with van der Waals surface area (Å²) >= 11 is 0. The molecule has 1 saturated carbocycles. The first-order chi connectivity index (χ1) is 14.5. The minimum absolute atomic E-state index is 0.00430. The van der Waals surface area contributed by atoms with Gasteiger partial charge in [0.15, 0.2) is 11.5 Å². The molecule has 0 spiro atoms. The number of hydrogen-bond donors (Lipinski definition) is 4. The van der Waals surface area contributed by atoms with Crippen molar-refractivity contribution in [1.82, 2.24) is 0 Å². The summed E-state index contributed by atoms with van der Waals surface area (Å²) in [6.07, 6.45) is -0.282. The van der Waals surface area contributed by atoms with Gasteiger partial charge < -0.3 is 20.4 Å². The number of aromatic hydroxyl groups is 2. The van der Waals surface area contributed by atoms with Crippen LogP contribution >= 0.6 is 0 Å². The zero-order valence-electron chi connectivity index (χ0n) is 16.9. The number of phenols is 2. The summed E-state index contributed by atoms with van der Waals surface area (Å²) in [7, 11) is 0. The van der Waals surface area contributed by atoms with Crippen LogP contribution in [0, 0.1) is 11.8 Å². The van der Waals surface area contributed by atoms with Crippen LogP contribution in [0.25, 0.3) is 11.1 Å². The highest BCUT2D eigenvalue weighted by atomic mass is 16.3. The lowest BCUT2D eigenvalue weighted by molar-refractivity contribution is -0.0699. The van der Waals surface area contributed by atoms with Crippen molar-refractivity contribution in [3.05, 3.63) is 83.4 Å². The van der Waals surface area contributed by atoms with Crippen LogP contribution in [0.5, 0.6) is 11.5 Å². The second-order valence-electron chi connectivity index (χ2n) is 8.70. The molecule has 0 bridgehead atoms. The summed E-state index contributed by atoms with van der Waals surface area (Å²) in [5.41, 5.74) is 4.85. The van der Waals surface area contributed by atoms with Crippen molar-refractivity contribution in [2.45, 2.75) is 37.4 Å². The Morgan fingerprint density at radius 2 is 1.37 bits per heavy atom. The third kappa shape index (κ3) is 2.47. The van der Waals surface area contributed by atoms with Gasteiger partial charge in [0, 0.05) is 5.41 Å². The lowest BCUT2D eigenvalue weighted by atomic mass is 9.56. The van der Waals surface area contributed by atoms with E-state index < -0.39 is 17.6 Å². The molecule has 154 valence electrons. The molecular formula is C26H26O4. The van der Waals surface area contributed by atoms with E-state index in [-0.39, 0.29) is 23.3 Å². The van der Waals surface area contributed by atoms with Crippen LogP contribution in [0.4, 0.5) is 0 Å². The van der Waals surface area contributed by atoms with Gasteiger partial charge >= 0.3 is 0 Å². The maximum absolute atomic E-state index is 10.8. The van der Waals surface area contributed by atoms with Crippen molar-refractivity contribution in [3.8, 4) is 22.6 Å². The van der Waals surface area contributed by atoms with Crippen molar-refractivity contribution in [1.29, 1.82) is 0 Å². The summed E-state index contributed by atoms with van der Waals surface area (Å²) in [6, 6.07) is 21.7. The highest BCUT2D eigenvalue weighted by molar-refractivity contribution is 5.84. The Bertz CT molecular complexity index is 1060. The highest BCUT2D eigenvalue weighted by Crippen LogP contribution is 2.60.